The van der Waals surface area contributed by atoms with Crippen LogP contribution in [0.3, 0.4) is 0 Å². The highest BCUT2D eigenvalue weighted by atomic mass is 16.6. The highest BCUT2D eigenvalue weighted by molar-refractivity contribution is 5.79. The van der Waals surface area contributed by atoms with E-state index in [9.17, 15) is 10.1 Å². The fourth-order valence-electron chi connectivity index (χ4n) is 1.53. The second-order valence-corrected chi connectivity index (χ2v) is 3.85. The Labute approximate surface area is 99.7 Å². The van der Waals surface area contributed by atoms with Crippen LogP contribution in [-0.4, -0.2) is 4.92 Å². The monoisotopic (exact) mass is 228 g/mol. The van der Waals surface area contributed by atoms with Crippen molar-refractivity contribution < 1.29 is 4.92 Å². The van der Waals surface area contributed by atoms with E-state index in [0.717, 1.165) is 0 Å². The number of nitriles is 1. The number of benzene rings is 1. The summed E-state index contributed by atoms with van der Waals surface area (Å²) in [5, 5.41) is 19.9. The number of nitro groups is 1. The molecule has 0 aromatic heterocycles. The first kappa shape index (κ1) is 12.7. The van der Waals surface area contributed by atoms with Crippen molar-refractivity contribution in [3.8, 4) is 6.07 Å². The van der Waals surface area contributed by atoms with Gasteiger partial charge in [0, 0.05) is 23.3 Å². The molecule has 0 aliphatic heterocycles. The minimum atomic E-state index is -0.486. The Morgan fingerprint density at radius 1 is 1.29 bits per heavy atom. The van der Waals surface area contributed by atoms with Crippen LogP contribution in [0.5, 0.6) is 0 Å². The molecule has 1 aromatic rings. The summed E-state index contributed by atoms with van der Waals surface area (Å²) in [7, 11) is 0. The number of nitro benzene ring substituents is 1. The van der Waals surface area contributed by atoms with E-state index in [1.54, 1.807) is 13.8 Å². The number of rotatable bonds is 3. The van der Waals surface area contributed by atoms with Crippen LogP contribution in [0.25, 0.3) is 11.1 Å². The summed E-state index contributed by atoms with van der Waals surface area (Å²) in [4.78, 5) is 10.3. The Hall–Kier alpha value is -2.41. The highest BCUT2D eigenvalue weighted by Crippen LogP contribution is 2.30. The van der Waals surface area contributed by atoms with Gasteiger partial charge in [0.25, 0.3) is 5.69 Å². The third kappa shape index (κ3) is 2.40. The molecule has 17 heavy (non-hydrogen) atoms. The molecule has 0 atom stereocenters. The SMILES string of the molecule is C=C(C)c1cc([N+](=O)[O-])cc(C(=C)C)c1C#N. The van der Waals surface area contributed by atoms with E-state index in [1.807, 2.05) is 6.07 Å². The second kappa shape index (κ2) is 4.62. The van der Waals surface area contributed by atoms with E-state index >= 15 is 0 Å². The van der Waals surface area contributed by atoms with Gasteiger partial charge in [-0.05, 0) is 25.0 Å². The van der Waals surface area contributed by atoms with Gasteiger partial charge in [-0.1, -0.05) is 13.2 Å². The molecule has 0 bridgehead atoms. The van der Waals surface area contributed by atoms with Crippen LogP contribution in [0.1, 0.15) is 30.5 Å². The van der Waals surface area contributed by atoms with Crippen LogP contribution in [0.2, 0.25) is 0 Å². The van der Waals surface area contributed by atoms with Crippen molar-refractivity contribution in [3.63, 3.8) is 0 Å². The predicted octanol–water partition coefficient (Wildman–Crippen LogP) is 3.53. The lowest BCUT2D eigenvalue weighted by Crippen LogP contribution is -1.97. The maximum Gasteiger partial charge on any atom is 0.270 e. The molecule has 0 saturated heterocycles. The van der Waals surface area contributed by atoms with E-state index in [0.29, 0.717) is 27.8 Å². The molecule has 0 saturated carbocycles. The topological polar surface area (TPSA) is 66.9 Å². The molecule has 0 heterocycles. The maximum absolute atomic E-state index is 10.8. The molecule has 0 spiro atoms. The maximum atomic E-state index is 10.8. The van der Waals surface area contributed by atoms with Crippen molar-refractivity contribution >= 4 is 16.8 Å². The first-order chi connectivity index (χ1) is 7.88. The Bertz CT molecular complexity index is 530. The van der Waals surface area contributed by atoms with E-state index in [-0.39, 0.29) is 5.69 Å². The van der Waals surface area contributed by atoms with Gasteiger partial charge in [0.15, 0.2) is 0 Å². The zero-order chi connectivity index (χ0) is 13.2. The summed E-state index contributed by atoms with van der Waals surface area (Å²) in [6.45, 7) is 10.9. The molecular weight excluding hydrogens is 216 g/mol. The minimum absolute atomic E-state index is 0.0556. The highest BCUT2D eigenvalue weighted by Gasteiger charge is 2.17. The van der Waals surface area contributed by atoms with Gasteiger partial charge in [-0.3, -0.25) is 10.1 Å². The van der Waals surface area contributed by atoms with Crippen molar-refractivity contribution in [1.82, 2.24) is 0 Å². The average Bonchev–Trinajstić information content (AvgIpc) is 2.26. The van der Waals surface area contributed by atoms with Crippen LogP contribution in [0, 0.1) is 21.4 Å². The number of hydrogen-bond acceptors (Lipinski definition) is 3. The van der Waals surface area contributed by atoms with Crippen molar-refractivity contribution in [1.29, 1.82) is 5.26 Å². The zero-order valence-electron chi connectivity index (χ0n) is 9.78. The Kier molecular flexibility index (Phi) is 3.44. The third-order valence-corrected chi connectivity index (χ3v) is 2.37. The quantitative estimate of drug-likeness (QED) is 0.587. The molecule has 0 amide bonds. The van der Waals surface area contributed by atoms with Crippen LogP contribution in [0.15, 0.2) is 25.3 Å². The molecule has 4 heteroatoms. The largest absolute Gasteiger partial charge is 0.270 e. The standard InChI is InChI=1S/C13H12N2O2/c1-8(2)11-5-10(15(16)17)6-12(9(3)4)13(11)7-14/h5-6H,1,3H2,2,4H3. The summed E-state index contributed by atoms with van der Waals surface area (Å²) >= 11 is 0. The molecule has 0 unspecified atom stereocenters. The molecule has 4 nitrogen and oxygen atoms in total. The van der Waals surface area contributed by atoms with Crippen molar-refractivity contribution in [2.75, 3.05) is 0 Å². The second-order valence-electron chi connectivity index (χ2n) is 3.85. The molecule has 0 aliphatic carbocycles. The van der Waals surface area contributed by atoms with Gasteiger partial charge in [-0.25, -0.2) is 0 Å². The van der Waals surface area contributed by atoms with Crippen molar-refractivity contribution in [2.24, 2.45) is 0 Å². The summed E-state index contributed by atoms with van der Waals surface area (Å²) in [5.74, 6) is 0. The Morgan fingerprint density at radius 3 is 1.94 bits per heavy atom. The molecule has 1 aromatic carbocycles. The number of allylic oxidation sites excluding steroid dienone is 2. The summed E-state index contributed by atoms with van der Waals surface area (Å²) in [6, 6.07) is 4.79. The van der Waals surface area contributed by atoms with Gasteiger partial charge >= 0.3 is 0 Å². The van der Waals surface area contributed by atoms with E-state index < -0.39 is 4.92 Å². The fourth-order valence-corrected chi connectivity index (χ4v) is 1.53. The van der Waals surface area contributed by atoms with E-state index in [2.05, 4.69) is 13.2 Å². The van der Waals surface area contributed by atoms with Crippen molar-refractivity contribution in [2.45, 2.75) is 13.8 Å². The molecule has 0 fully saturated rings. The number of nitrogens with zero attached hydrogens (tertiary/aromatic N) is 2. The molecule has 0 radical (unpaired) electrons. The smallest absolute Gasteiger partial charge is 0.258 e. The average molecular weight is 228 g/mol. The molecule has 0 aliphatic rings. The first-order valence-electron chi connectivity index (χ1n) is 4.92. The summed E-state index contributed by atoms with van der Waals surface area (Å²) in [5.41, 5.74) is 2.57. The molecule has 86 valence electrons. The van der Waals surface area contributed by atoms with Crippen LogP contribution in [0.4, 0.5) is 5.69 Å². The fraction of sp³-hybridized carbons (Fsp3) is 0.154. The lowest BCUT2D eigenvalue weighted by molar-refractivity contribution is -0.384. The minimum Gasteiger partial charge on any atom is -0.258 e. The molecule has 0 N–H and O–H groups in total. The van der Waals surface area contributed by atoms with Gasteiger partial charge in [0.1, 0.15) is 6.07 Å². The third-order valence-electron chi connectivity index (χ3n) is 2.37. The van der Waals surface area contributed by atoms with Crippen LogP contribution >= 0.6 is 0 Å². The number of hydrogen-bond donors (Lipinski definition) is 0. The van der Waals surface area contributed by atoms with Crippen LogP contribution < -0.4 is 0 Å². The number of non-ortho nitro benzene ring substituents is 1. The predicted molar refractivity (Wildman–Crippen MR) is 67.2 cm³/mol. The van der Waals surface area contributed by atoms with Gasteiger partial charge in [-0.2, -0.15) is 5.26 Å². The first-order valence-corrected chi connectivity index (χ1v) is 4.92. The van der Waals surface area contributed by atoms with Crippen LogP contribution in [-0.2, 0) is 0 Å². The lowest BCUT2D eigenvalue weighted by Gasteiger charge is -2.09. The van der Waals surface area contributed by atoms with Gasteiger partial charge in [0.05, 0.1) is 10.5 Å². The van der Waals surface area contributed by atoms with Crippen molar-refractivity contribution in [3.05, 3.63) is 52.1 Å². The molecule has 1 rings (SSSR count). The summed E-state index contributed by atoms with van der Waals surface area (Å²) in [6.07, 6.45) is 0. The summed E-state index contributed by atoms with van der Waals surface area (Å²) < 4.78 is 0. The van der Waals surface area contributed by atoms with Gasteiger partial charge < -0.3 is 0 Å². The zero-order valence-corrected chi connectivity index (χ0v) is 9.78. The Morgan fingerprint density at radius 2 is 1.71 bits per heavy atom. The van der Waals surface area contributed by atoms with Gasteiger partial charge in [0.2, 0.25) is 0 Å². The Balaban J connectivity index is 3.71. The van der Waals surface area contributed by atoms with Gasteiger partial charge in [-0.15, -0.1) is 0 Å². The lowest BCUT2D eigenvalue weighted by atomic mass is 9.93. The normalized spacial score (nSPS) is 9.47. The van der Waals surface area contributed by atoms with E-state index in [4.69, 9.17) is 5.26 Å². The molecular formula is C13H12N2O2. The van der Waals surface area contributed by atoms with E-state index in [1.165, 1.54) is 12.1 Å².